The molecule has 0 aliphatic carbocycles. The normalized spacial score (nSPS) is 15.5. The number of likely N-dealkylation sites (tertiary alicyclic amines) is 1. The molecule has 1 N–H and O–H groups in total. The topological polar surface area (TPSA) is 58.4 Å². The zero-order valence-corrected chi connectivity index (χ0v) is 18.4. The molecule has 31 heavy (non-hydrogen) atoms. The van der Waals surface area contributed by atoms with Crippen LogP contribution in [0.25, 0.3) is 11.3 Å². The number of rotatable bonds is 7. The van der Waals surface area contributed by atoms with Crippen LogP contribution in [0.15, 0.2) is 59.1 Å². The second kappa shape index (κ2) is 9.92. The molecule has 1 atom stereocenters. The molecule has 0 radical (unpaired) electrons. The average Bonchev–Trinajstić information content (AvgIpc) is 3.31. The lowest BCUT2D eigenvalue weighted by Crippen LogP contribution is -2.40. The van der Waals surface area contributed by atoms with Crippen LogP contribution in [0, 0.1) is 6.92 Å². The Bertz CT molecular complexity index is 986. The first-order valence-electron chi connectivity index (χ1n) is 11.3. The third-order valence-corrected chi connectivity index (χ3v) is 6.14. The average molecular weight is 418 g/mol. The van der Waals surface area contributed by atoms with Crippen LogP contribution in [-0.2, 0) is 6.42 Å². The summed E-state index contributed by atoms with van der Waals surface area (Å²) in [6.45, 7) is 6.89. The molecular formula is C26H31N3O2. The van der Waals surface area contributed by atoms with Gasteiger partial charge < -0.3 is 9.84 Å². The summed E-state index contributed by atoms with van der Waals surface area (Å²) >= 11 is 0. The summed E-state index contributed by atoms with van der Waals surface area (Å²) < 4.78 is 5.42. The minimum absolute atomic E-state index is 0.165. The highest BCUT2D eigenvalue weighted by Crippen LogP contribution is 2.25. The molecule has 2 aromatic carbocycles. The van der Waals surface area contributed by atoms with E-state index in [-0.39, 0.29) is 11.9 Å². The van der Waals surface area contributed by atoms with Crippen molar-refractivity contribution in [3.8, 4) is 11.3 Å². The number of hydrogen-bond donors (Lipinski definition) is 1. The van der Waals surface area contributed by atoms with Crippen LogP contribution in [0.2, 0.25) is 0 Å². The molecule has 5 nitrogen and oxygen atoms in total. The minimum Gasteiger partial charge on any atom is -0.355 e. The zero-order valence-electron chi connectivity index (χ0n) is 18.4. The molecule has 0 spiro atoms. The number of piperidine rings is 1. The zero-order chi connectivity index (χ0) is 21.6. The monoisotopic (exact) mass is 417 g/mol. The summed E-state index contributed by atoms with van der Waals surface area (Å²) in [6.07, 6.45) is 4.73. The fourth-order valence-electron chi connectivity index (χ4n) is 4.18. The Morgan fingerprint density at radius 2 is 1.77 bits per heavy atom. The van der Waals surface area contributed by atoms with E-state index < -0.39 is 0 Å². The Labute approximate surface area is 184 Å². The maximum absolute atomic E-state index is 12.8. The Balaban J connectivity index is 1.46. The lowest BCUT2D eigenvalue weighted by Gasteiger charge is -2.35. The van der Waals surface area contributed by atoms with Gasteiger partial charge in [0.1, 0.15) is 0 Å². The predicted molar refractivity (Wildman–Crippen MR) is 123 cm³/mol. The number of benzene rings is 2. The molecule has 162 valence electrons. The third kappa shape index (κ3) is 5.23. The molecule has 5 heteroatoms. The van der Waals surface area contributed by atoms with E-state index in [9.17, 15) is 4.79 Å². The number of nitrogens with zero attached hydrogens (tertiary/aromatic N) is 2. The van der Waals surface area contributed by atoms with Crippen molar-refractivity contribution in [1.82, 2.24) is 15.4 Å². The second-order valence-electron chi connectivity index (χ2n) is 8.36. The van der Waals surface area contributed by atoms with E-state index in [1.54, 1.807) is 6.07 Å². The van der Waals surface area contributed by atoms with Crippen molar-refractivity contribution in [2.24, 2.45) is 0 Å². The molecule has 1 amide bonds. The molecule has 0 bridgehead atoms. The van der Waals surface area contributed by atoms with Gasteiger partial charge in [0.25, 0.3) is 5.91 Å². The number of aromatic nitrogens is 1. The van der Waals surface area contributed by atoms with Gasteiger partial charge in [-0.15, -0.1) is 0 Å². The van der Waals surface area contributed by atoms with Crippen molar-refractivity contribution in [3.05, 3.63) is 77.0 Å². The smallest absolute Gasteiger partial charge is 0.273 e. The minimum atomic E-state index is -0.200. The van der Waals surface area contributed by atoms with Crippen molar-refractivity contribution in [1.29, 1.82) is 0 Å². The fourth-order valence-corrected chi connectivity index (χ4v) is 4.18. The molecular weight excluding hydrogens is 386 g/mol. The van der Waals surface area contributed by atoms with Crippen LogP contribution in [0.3, 0.4) is 0 Å². The van der Waals surface area contributed by atoms with Crippen molar-refractivity contribution in [2.45, 2.75) is 45.6 Å². The number of hydrogen-bond acceptors (Lipinski definition) is 4. The van der Waals surface area contributed by atoms with E-state index in [1.165, 1.54) is 36.0 Å². The lowest BCUT2D eigenvalue weighted by molar-refractivity contribution is 0.0915. The molecule has 1 fully saturated rings. The Kier molecular flexibility index (Phi) is 6.82. The Morgan fingerprint density at radius 3 is 2.45 bits per heavy atom. The Morgan fingerprint density at radius 1 is 1.06 bits per heavy atom. The summed E-state index contributed by atoms with van der Waals surface area (Å²) in [7, 11) is 0. The van der Waals surface area contributed by atoms with E-state index in [4.69, 9.17) is 4.52 Å². The number of carbonyl (C=O) groups excluding carboxylic acids is 1. The highest BCUT2D eigenvalue weighted by Gasteiger charge is 2.24. The van der Waals surface area contributed by atoms with Gasteiger partial charge in [0.05, 0.1) is 6.04 Å². The predicted octanol–water partition coefficient (Wildman–Crippen LogP) is 5.17. The van der Waals surface area contributed by atoms with Crippen LogP contribution in [0.5, 0.6) is 0 Å². The van der Waals surface area contributed by atoms with E-state index >= 15 is 0 Å². The van der Waals surface area contributed by atoms with Crippen LogP contribution in [0.1, 0.15) is 59.4 Å². The van der Waals surface area contributed by atoms with Gasteiger partial charge in [-0.3, -0.25) is 9.69 Å². The first-order chi connectivity index (χ1) is 15.1. The van der Waals surface area contributed by atoms with Gasteiger partial charge >= 0.3 is 0 Å². The van der Waals surface area contributed by atoms with Crippen molar-refractivity contribution in [2.75, 3.05) is 19.6 Å². The van der Waals surface area contributed by atoms with Crippen molar-refractivity contribution < 1.29 is 9.32 Å². The van der Waals surface area contributed by atoms with Gasteiger partial charge in [-0.1, -0.05) is 72.6 Å². The van der Waals surface area contributed by atoms with Gasteiger partial charge in [-0.25, -0.2) is 0 Å². The molecule has 2 heterocycles. The number of amides is 1. The number of aryl methyl sites for hydroxylation is 2. The molecule has 0 saturated carbocycles. The third-order valence-electron chi connectivity index (χ3n) is 6.14. The van der Waals surface area contributed by atoms with E-state index in [0.717, 1.165) is 25.1 Å². The van der Waals surface area contributed by atoms with Gasteiger partial charge in [-0.2, -0.15) is 0 Å². The summed E-state index contributed by atoms with van der Waals surface area (Å²) in [4.78, 5) is 15.3. The maximum Gasteiger partial charge on any atom is 0.273 e. The molecule has 1 aromatic heterocycles. The van der Waals surface area contributed by atoms with Gasteiger partial charge in [-0.05, 0) is 50.4 Å². The van der Waals surface area contributed by atoms with Crippen LogP contribution >= 0.6 is 0 Å². The lowest BCUT2D eigenvalue weighted by atomic mass is 9.99. The highest BCUT2D eigenvalue weighted by molar-refractivity contribution is 5.93. The van der Waals surface area contributed by atoms with E-state index in [0.29, 0.717) is 18.0 Å². The maximum atomic E-state index is 12.8. The molecule has 1 saturated heterocycles. The molecule has 0 unspecified atom stereocenters. The molecule has 3 aromatic rings. The van der Waals surface area contributed by atoms with Crippen LogP contribution in [0.4, 0.5) is 0 Å². The highest BCUT2D eigenvalue weighted by atomic mass is 16.5. The fraction of sp³-hybridized carbons (Fsp3) is 0.385. The summed E-state index contributed by atoms with van der Waals surface area (Å²) in [5, 5.41) is 7.09. The van der Waals surface area contributed by atoms with Crippen molar-refractivity contribution in [3.63, 3.8) is 0 Å². The summed E-state index contributed by atoms with van der Waals surface area (Å²) in [6, 6.07) is 18.7. The molecule has 4 rings (SSSR count). The van der Waals surface area contributed by atoms with Gasteiger partial charge in [0.2, 0.25) is 0 Å². The number of nitrogens with one attached hydrogen (secondary N) is 1. The van der Waals surface area contributed by atoms with Crippen LogP contribution < -0.4 is 5.32 Å². The van der Waals surface area contributed by atoms with E-state index in [1.807, 2.05) is 31.2 Å². The Hall–Kier alpha value is -2.92. The SMILES string of the molecule is CCc1ccc([C@@H](CNC(=O)c2cc(-c3ccc(C)cc3)on2)N2CCCCC2)cc1. The first-order valence-corrected chi connectivity index (χ1v) is 11.3. The molecule has 1 aliphatic rings. The van der Waals surface area contributed by atoms with E-state index in [2.05, 4.69) is 46.6 Å². The summed E-state index contributed by atoms with van der Waals surface area (Å²) in [5.41, 5.74) is 4.99. The number of carbonyl (C=O) groups is 1. The van der Waals surface area contributed by atoms with Gasteiger partial charge in [0.15, 0.2) is 11.5 Å². The quantitative estimate of drug-likeness (QED) is 0.576. The largest absolute Gasteiger partial charge is 0.355 e. The standard InChI is InChI=1S/C26H31N3O2/c1-3-20-9-13-21(14-10-20)24(29-15-5-4-6-16-29)18-27-26(30)23-17-25(31-28-23)22-11-7-19(2)8-12-22/h7-14,17,24H,3-6,15-16,18H2,1-2H3,(H,27,30)/t24-/m1/s1. The second-order valence-corrected chi connectivity index (χ2v) is 8.36. The van der Waals surface area contributed by atoms with Crippen molar-refractivity contribution >= 4 is 5.91 Å². The van der Waals surface area contributed by atoms with Crippen LogP contribution in [-0.4, -0.2) is 35.6 Å². The molecule has 1 aliphatic heterocycles. The first kappa shape index (κ1) is 21.3. The van der Waals surface area contributed by atoms with Gasteiger partial charge in [0, 0.05) is 18.2 Å². The summed E-state index contributed by atoms with van der Waals surface area (Å²) in [5.74, 6) is 0.405.